The van der Waals surface area contributed by atoms with Gasteiger partial charge in [-0.15, -0.1) is 0 Å². The van der Waals surface area contributed by atoms with Crippen LogP contribution >= 0.6 is 0 Å². The van der Waals surface area contributed by atoms with Crippen molar-refractivity contribution in [2.24, 2.45) is 0 Å². The first kappa shape index (κ1) is 11.3. The maximum atomic E-state index is 12.2. The molecule has 0 spiro atoms. The van der Waals surface area contributed by atoms with Crippen molar-refractivity contribution < 1.29 is 19.0 Å². The maximum Gasteiger partial charge on any atom is 0.320 e. The van der Waals surface area contributed by atoms with E-state index in [0.29, 0.717) is 19.6 Å². The van der Waals surface area contributed by atoms with Gasteiger partial charge in [0.2, 0.25) is 0 Å². The molecule has 3 atom stereocenters. The van der Waals surface area contributed by atoms with Gasteiger partial charge in [0.15, 0.2) is 0 Å². The predicted molar refractivity (Wildman–Crippen MR) is 58.8 cm³/mol. The van der Waals surface area contributed by atoms with Crippen LogP contribution in [0.15, 0.2) is 0 Å². The number of nitrogens with zero attached hydrogens (tertiary/aromatic N) is 2. The summed E-state index contributed by atoms with van der Waals surface area (Å²) in [4.78, 5) is 15.8. The van der Waals surface area contributed by atoms with Crippen LogP contribution in [0, 0.1) is 0 Å². The first-order chi connectivity index (χ1) is 8.22. The lowest BCUT2D eigenvalue weighted by molar-refractivity contribution is 0.149. The smallest absolute Gasteiger partial charge is 0.320 e. The van der Waals surface area contributed by atoms with E-state index in [1.165, 1.54) is 0 Å². The third-order valence-corrected chi connectivity index (χ3v) is 3.13. The minimum Gasteiger partial charge on any atom is -0.371 e. The van der Waals surface area contributed by atoms with Crippen molar-refractivity contribution in [2.45, 2.75) is 18.3 Å². The van der Waals surface area contributed by atoms with Crippen LogP contribution in [-0.2, 0) is 14.2 Å². The van der Waals surface area contributed by atoms with Crippen LogP contribution in [0.3, 0.4) is 0 Å². The topological polar surface area (TPSA) is 61.1 Å². The zero-order chi connectivity index (χ0) is 11.8. The largest absolute Gasteiger partial charge is 0.371 e. The monoisotopic (exact) mass is 242 g/mol. The predicted octanol–water partition coefficient (Wildman–Crippen LogP) is -0.463. The molecule has 2 amide bonds. The number of amides is 2. The summed E-state index contributed by atoms with van der Waals surface area (Å²) in [6.07, 6.45) is 0.687. The molecule has 0 saturated carbocycles. The fourth-order valence-corrected chi connectivity index (χ4v) is 1.87. The van der Waals surface area contributed by atoms with E-state index in [9.17, 15) is 4.79 Å². The van der Waals surface area contributed by atoms with Crippen LogP contribution in [0.4, 0.5) is 4.79 Å². The lowest BCUT2D eigenvalue weighted by Gasteiger charge is -2.27. The molecule has 0 aromatic carbocycles. The van der Waals surface area contributed by atoms with Gasteiger partial charge in [-0.05, 0) is 0 Å². The van der Waals surface area contributed by atoms with Crippen molar-refractivity contribution in [3.05, 3.63) is 0 Å². The van der Waals surface area contributed by atoms with Gasteiger partial charge < -0.3 is 24.0 Å². The summed E-state index contributed by atoms with van der Waals surface area (Å²) in [5, 5.41) is 0. The summed E-state index contributed by atoms with van der Waals surface area (Å²) in [6, 6.07) is 0.0477. The molecule has 96 valence electrons. The van der Waals surface area contributed by atoms with Crippen molar-refractivity contribution in [3.63, 3.8) is 0 Å². The summed E-state index contributed by atoms with van der Waals surface area (Å²) in [5.41, 5.74) is 0. The van der Waals surface area contributed by atoms with E-state index in [-0.39, 0.29) is 24.3 Å². The number of carbonyl (C=O) groups is 1. The summed E-state index contributed by atoms with van der Waals surface area (Å²) < 4.78 is 15.5. The Morgan fingerprint density at radius 1 is 1.00 bits per heavy atom. The second-order valence-electron chi connectivity index (χ2n) is 4.93. The Morgan fingerprint density at radius 2 is 1.41 bits per heavy atom. The van der Waals surface area contributed by atoms with E-state index in [1.807, 2.05) is 11.9 Å². The minimum atomic E-state index is 0.0477. The summed E-state index contributed by atoms with van der Waals surface area (Å²) >= 11 is 0. The molecule has 17 heavy (non-hydrogen) atoms. The fourth-order valence-electron chi connectivity index (χ4n) is 1.87. The summed E-state index contributed by atoms with van der Waals surface area (Å²) in [6.45, 7) is 4.33. The Kier molecular flexibility index (Phi) is 2.94. The molecule has 6 nitrogen and oxygen atoms in total. The van der Waals surface area contributed by atoms with Crippen LogP contribution in [0.25, 0.3) is 0 Å². The van der Waals surface area contributed by atoms with E-state index >= 15 is 0 Å². The lowest BCUT2D eigenvalue weighted by atomic mass is 10.3. The normalized spacial score (nSPS) is 33.1. The maximum absolute atomic E-state index is 12.2. The highest BCUT2D eigenvalue weighted by atomic mass is 16.6. The van der Waals surface area contributed by atoms with Crippen molar-refractivity contribution in [2.75, 3.05) is 46.5 Å². The van der Waals surface area contributed by atoms with Gasteiger partial charge >= 0.3 is 6.03 Å². The molecule has 0 N–H and O–H groups in total. The Balaban J connectivity index is 1.52. The van der Waals surface area contributed by atoms with Crippen LogP contribution in [0.1, 0.15) is 0 Å². The average Bonchev–Trinajstić information content (AvgIpc) is 3.10. The Morgan fingerprint density at radius 3 is 1.82 bits per heavy atom. The minimum absolute atomic E-state index is 0.0477. The third kappa shape index (κ3) is 3.31. The number of rotatable bonds is 6. The second-order valence-corrected chi connectivity index (χ2v) is 4.93. The van der Waals surface area contributed by atoms with E-state index in [4.69, 9.17) is 14.2 Å². The van der Waals surface area contributed by atoms with E-state index in [1.54, 1.807) is 4.90 Å². The molecule has 0 aliphatic carbocycles. The first-order valence-electron chi connectivity index (χ1n) is 6.07. The van der Waals surface area contributed by atoms with Gasteiger partial charge in [0.25, 0.3) is 0 Å². The molecule has 3 unspecified atom stereocenters. The molecule has 0 bridgehead atoms. The molecule has 3 aliphatic heterocycles. The van der Waals surface area contributed by atoms with Gasteiger partial charge in [-0.1, -0.05) is 0 Å². The molecule has 6 heteroatoms. The van der Waals surface area contributed by atoms with Gasteiger partial charge in [0.1, 0.15) is 0 Å². The molecular formula is C11H18N2O4. The molecule has 3 saturated heterocycles. The number of urea groups is 1. The highest BCUT2D eigenvalue weighted by molar-refractivity contribution is 5.74. The number of ether oxygens (including phenoxy) is 3. The van der Waals surface area contributed by atoms with Crippen LogP contribution in [0.2, 0.25) is 0 Å². The van der Waals surface area contributed by atoms with Gasteiger partial charge in [0.05, 0.1) is 57.8 Å². The number of hydrogen-bond donors (Lipinski definition) is 0. The van der Waals surface area contributed by atoms with Crippen LogP contribution < -0.4 is 0 Å². The molecule has 3 rings (SSSR count). The quantitative estimate of drug-likeness (QED) is 0.591. The van der Waals surface area contributed by atoms with Crippen LogP contribution in [-0.4, -0.2) is 80.6 Å². The summed E-state index contributed by atoms with van der Waals surface area (Å²) in [5.74, 6) is 0. The Hall–Kier alpha value is -0.850. The fraction of sp³-hybridized carbons (Fsp3) is 0.909. The van der Waals surface area contributed by atoms with Crippen molar-refractivity contribution >= 4 is 6.03 Å². The van der Waals surface area contributed by atoms with E-state index in [2.05, 4.69) is 0 Å². The van der Waals surface area contributed by atoms with Crippen molar-refractivity contribution in [1.82, 2.24) is 9.80 Å². The summed E-state index contributed by atoms with van der Waals surface area (Å²) in [7, 11) is 1.82. The average molecular weight is 242 g/mol. The number of epoxide rings is 3. The lowest BCUT2D eigenvalue weighted by Crippen LogP contribution is -2.45. The van der Waals surface area contributed by atoms with Crippen LogP contribution in [0.5, 0.6) is 0 Å². The van der Waals surface area contributed by atoms with Gasteiger partial charge in [-0.25, -0.2) is 4.79 Å². The molecule has 0 aromatic heterocycles. The molecule has 0 aromatic rings. The third-order valence-electron chi connectivity index (χ3n) is 3.13. The number of hydrogen-bond acceptors (Lipinski definition) is 4. The zero-order valence-corrected chi connectivity index (χ0v) is 10.0. The van der Waals surface area contributed by atoms with Gasteiger partial charge in [-0.3, -0.25) is 0 Å². The molecule has 3 aliphatic rings. The first-order valence-corrected chi connectivity index (χ1v) is 6.07. The number of likely N-dealkylation sites (N-methyl/N-ethyl adjacent to an activating group) is 1. The highest BCUT2D eigenvalue weighted by Crippen LogP contribution is 2.18. The highest BCUT2D eigenvalue weighted by Gasteiger charge is 2.35. The second kappa shape index (κ2) is 4.44. The molecule has 3 heterocycles. The Bertz CT molecular complexity index is 286. The SMILES string of the molecule is CN(CC1CO1)C(=O)N(CC1CO1)CC1CO1. The Labute approximate surface area is 100 Å². The van der Waals surface area contributed by atoms with E-state index in [0.717, 1.165) is 19.8 Å². The van der Waals surface area contributed by atoms with Gasteiger partial charge in [0, 0.05) is 7.05 Å². The number of carbonyl (C=O) groups excluding carboxylic acids is 1. The van der Waals surface area contributed by atoms with E-state index < -0.39 is 0 Å². The van der Waals surface area contributed by atoms with Crippen molar-refractivity contribution in [1.29, 1.82) is 0 Å². The van der Waals surface area contributed by atoms with Gasteiger partial charge in [-0.2, -0.15) is 0 Å². The standard InChI is InChI=1S/C11H18N2O4/c1-12(2-8-5-15-8)11(14)13(3-9-6-16-9)4-10-7-17-10/h8-10H,2-7H2,1H3. The molecule has 3 fully saturated rings. The zero-order valence-electron chi connectivity index (χ0n) is 10.0. The molecular weight excluding hydrogens is 224 g/mol. The molecule has 0 radical (unpaired) electrons. The van der Waals surface area contributed by atoms with Crippen molar-refractivity contribution in [3.8, 4) is 0 Å².